The fourth-order valence-electron chi connectivity index (χ4n) is 1.95. The van der Waals surface area contributed by atoms with Crippen LogP contribution in [0.5, 0.6) is 0 Å². The Morgan fingerprint density at radius 3 is 2.50 bits per heavy atom. The molecule has 18 heavy (non-hydrogen) atoms. The van der Waals surface area contributed by atoms with Crippen LogP contribution in [0.2, 0.25) is 0 Å². The summed E-state index contributed by atoms with van der Waals surface area (Å²) in [5.41, 5.74) is 0. The molecule has 1 fully saturated rings. The van der Waals surface area contributed by atoms with Crippen molar-refractivity contribution in [1.29, 1.82) is 0 Å². The fraction of sp³-hybridized carbons (Fsp3) is 0.545. The summed E-state index contributed by atoms with van der Waals surface area (Å²) in [5, 5.41) is 0. The van der Waals surface area contributed by atoms with E-state index in [-0.39, 0.29) is 5.75 Å². The second-order valence-electron chi connectivity index (χ2n) is 4.11. The Kier molecular flexibility index (Phi) is 3.82. The van der Waals surface area contributed by atoms with Crippen LogP contribution >= 0.6 is 0 Å². The lowest BCUT2D eigenvalue weighted by atomic mass is 10.3. The van der Waals surface area contributed by atoms with Gasteiger partial charge in [0.1, 0.15) is 5.82 Å². The Labute approximate surface area is 106 Å². The fourth-order valence-corrected chi connectivity index (χ4v) is 3.04. The number of nitrogens with zero attached hydrogens (tertiary/aromatic N) is 3. The number of hydrogen-bond acceptors (Lipinski definition) is 4. The second-order valence-corrected chi connectivity index (χ2v) is 6.36. The van der Waals surface area contributed by atoms with E-state index < -0.39 is 16.0 Å². The van der Waals surface area contributed by atoms with E-state index in [1.807, 2.05) is 4.90 Å². The molecule has 2 rings (SSSR count). The molecule has 1 saturated heterocycles. The van der Waals surface area contributed by atoms with Crippen LogP contribution in [-0.2, 0) is 10.0 Å². The van der Waals surface area contributed by atoms with Crippen molar-refractivity contribution in [2.24, 2.45) is 0 Å². The van der Waals surface area contributed by atoms with Crippen molar-refractivity contribution < 1.29 is 12.8 Å². The lowest BCUT2D eigenvalue weighted by Crippen LogP contribution is -2.49. The van der Waals surface area contributed by atoms with Crippen LogP contribution in [0.3, 0.4) is 0 Å². The second kappa shape index (κ2) is 5.19. The van der Waals surface area contributed by atoms with E-state index in [1.165, 1.54) is 10.4 Å². The summed E-state index contributed by atoms with van der Waals surface area (Å²) in [6.07, 6.45) is 0. The first kappa shape index (κ1) is 13.2. The van der Waals surface area contributed by atoms with Gasteiger partial charge in [0.15, 0.2) is 0 Å². The third-order valence-corrected chi connectivity index (χ3v) is 4.90. The minimum Gasteiger partial charge on any atom is -0.354 e. The monoisotopic (exact) mass is 273 g/mol. The minimum absolute atomic E-state index is 0.116. The van der Waals surface area contributed by atoms with Crippen LogP contribution < -0.4 is 4.90 Å². The average molecular weight is 273 g/mol. The van der Waals surface area contributed by atoms with E-state index in [4.69, 9.17) is 0 Å². The number of hydrogen-bond donors (Lipinski definition) is 0. The molecule has 1 aliphatic heterocycles. The van der Waals surface area contributed by atoms with Gasteiger partial charge in [-0.05, 0) is 19.1 Å². The van der Waals surface area contributed by atoms with Gasteiger partial charge in [0.2, 0.25) is 16.0 Å². The van der Waals surface area contributed by atoms with Crippen molar-refractivity contribution in [3.05, 3.63) is 24.1 Å². The van der Waals surface area contributed by atoms with E-state index in [1.54, 1.807) is 19.1 Å². The highest BCUT2D eigenvalue weighted by Gasteiger charge is 2.25. The highest BCUT2D eigenvalue weighted by Crippen LogP contribution is 2.15. The molecule has 100 valence electrons. The van der Waals surface area contributed by atoms with Gasteiger partial charge in [0.05, 0.1) is 5.75 Å². The summed E-state index contributed by atoms with van der Waals surface area (Å²) >= 11 is 0. The van der Waals surface area contributed by atoms with Gasteiger partial charge in [-0.25, -0.2) is 13.4 Å². The maximum absolute atomic E-state index is 13.0. The van der Waals surface area contributed by atoms with Crippen LogP contribution in [0.4, 0.5) is 10.2 Å². The van der Waals surface area contributed by atoms with Gasteiger partial charge in [-0.15, -0.1) is 0 Å². The predicted octanol–water partition coefficient (Wildman–Crippen LogP) is 0.692. The molecule has 5 nitrogen and oxygen atoms in total. The molecule has 1 aromatic rings. The van der Waals surface area contributed by atoms with E-state index in [9.17, 15) is 12.8 Å². The normalized spacial score (nSPS) is 18.0. The van der Waals surface area contributed by atoms with Gasteiger partial charge in [-0.2, -0.15) is 8.70 Å². The molecule has 1 aliphatic rings. The Morgan fingerprint density at radius 2 is 1.94 bits per heavy atom. The Balaban J connectivity index is 2.03. The van der Waals surface area contributed by atoms with E-state index in [0.717, 1.165) is 0 Å². The lowest BCUT2D eigenvalue weighted by Gasteiger charge is -2.34. The SMILES string of the molecule is CCS(=O)(=O)N1CCN(c2cccc(F)n2)CC1. The number of pyridine rings is 1. The summed E-state index contributed by atoms with van der Waals surface area (Å²) < 4.78 is 37.8. The van der Waals surface area contributed by atoms with Crippen molar-refractivity contribution >= 4 is 15.8 Å². The molecule has 0 saturated carbocycles. The van der Waals surface area contributed by atoms with Gasteiger partial charge >= 0.3 is 0 Å². The van der Waals surface area contributed by atoms with Crippen molar-refractivity contribution in [3.8, 4) is 0 Å². The summed E-state index contributed by atoms with van der Waals surface area (Å²) in [6, 6.07) is 4.63. The van der Waals surface area contributed by atoms with E-state index >= 15 is 0 Å². The van der Waals surface area contributed by atoms with Gasteiger partial charge < -0.3 is 4.90 Å². The molecule has 0 aliphatic carbocycles. The summed E-state index contributed by atoms with van der Waals surface area (Å²) in [4.78, 5) is 5.69. The Morgan fingerprint density at radius 1 is 1.28 bits per heavy atom. The van der Waals surface area contributed by atoms with Crippen LogP contribution in [0, 0.1) is 5.95 Å². The minimum atomic E-state index is -3.12. The maximum atomic E-state index is 13.0. The standard InChI is InChI=1S/C11H16FN3O2S/c1-2-18(16,17)15-8-6-14(7-9-15)11-5-3-4-10(12)13-11/h3-5H,2,6-9H2,1H3. The zero-order valence-corrected chi connectivity index (χ0v) is 11.0. The zero-order valence-electron chi connectivity index (χ0n) is 10.2. The van der Waals surface area contributed by atoms with Crippen LogP contribution in [0.25, 0.3) is 0 Å². The molecule has 0 radical (unpaired) electrons. The van der Waals surface area contributed by atoms with Crippen molar-refractivity contribution in [2.75, 3.05) is 36.8 Å². The number of rotatable bonds is 3. The molecular weight excluding hydrogens is 257 g/mol. The molecule has 0 N–H and O–H groups in total. The van der Waals surface area contributed by atoms with Crippen LogP contribution in [0.1, 0.15) is 6.92 Å². The Hall–Kier alpha value is -1.21. The molecule has 2 heterocycles. The first-order chi connectivity index (χ1) is 8.53. The highest BCUT2D eigenvalue weighted by molar-refractivity contribution is 7.89. The number of aromatic nitrogens is 1. The molecule has 0 unspecified atom stereocenters. The summed E-state index contributed by atoms with van der Waals surface area (Å²) in [5.74, 6) is 0.158. The molecule has 0 amide bonds. The van der Waals surface area contributed by atoms with Gasteiger partial charge in [-0.1, -0.05) is 6.07 Å². The first-order valence-corrected chi connectivity index (χ1v) is 7.49. The van der Waals surface area contributed by atoms with Gasteiger partial charge in [0, 0.05) is 26.2 Å². The zero-order chi connectivity index (χ0) is 13.2. The van der Waals surface area contributed by atoms with E-state index in [0.29, 0.717) is 32.0 Å². The van der Waals surface area contributed by atoms with E-state index in [2.05, 4.69) is 4.98 Å². The molecule has 0 aromatic carbocycles. The van der Waals surface area contributed by atoms with Gasteiger partial charge in [0.25, 0.3) is 0 Å². The molecule has 1 aromatic heterocycles. The largest absolute Gasteiger partial charge is 0.354 e. The highest BCUT2D eigenvalue weighted by atomic mass is 32.2. The summed E-state index contributed by atoms with van der Waals surface area (Å²) in [6.45, 7) is 3.56. The maximum Gasteiger partial charge on any atom is 0.214 e. The quantitative estimate of drug-likeness (QED) is 0.760. The van der Waals surface area contributed by atoms with Gasteiger partial charge in [-0.3, -0.25) is 0 Å². The van der Waals surface area contributed by atoms with Crippen molar-refractivity contribution in [3.63, 3.8) is 0 Å². The van der Waals surface area contributed by atoms with Crippen molar-refractivity contribution in [2.45, 2.75) is 6.92 Å². The number of halogens is 1. The Bertz CT molecular complexity index is 513. The smallest absolute Gasteiger partial charge is 0.214 e. The summed E-state index contributed by atoms with van der Waals surface area (Å²) in [7, 11) is -3.12. The molecule has 0 atom stereocenters. The van der Waals surface area contributed by atoms with Crippen LogP contribution in [0.15, 0.2) is 18.2 Å². The van der Waals surface area contributed by atoms with Crippen molar-refractivity contribution in [1.82, 2.24) is 9.29 Å². The predicted molar refractivity (Wildman–Crippen MR) is 67.4 cm³/mol. The van der Waals surface area contributed by atoms with Crippen LogP contribution in [-0.4, -0.2) is 49.6 Å². The molecule has 0 bridgehead atoms. The number of piperazine rings is 1. The number of anilines is 1. The third-order valence-electron chi connectivity index (χ3n) is 3.02. The third kappa shape index (κ3) is 2.78. The molecule has 7 heteroatoms. The topological polar surface area (TPSA) is 53.5 Å². The number of sulfonamides is 1. The lowest BCUT2D eigenvalue weighted by molar-refractivity contribution is 0.384. The molecule has 0 spiro atoms. The first-order valence-electron chi connectivity index (χ1n) is 5.88. The average Bonchev–Trinajstić information content (AvgIpc) is 2.39. The molecular formula is C11H16FN3O2S.